The van der Waals surface area contributed by atoms with Gasteiger partial charge in [0.25, 0.3) is 16.0 Å². The molecule has 1 amide bonds. The zero-order valence-electron chi connectivity index (χ0n) is 20.8. The summed E-state index contributed by atoms with van der Waals surface area (Å²) >= 11 is 12.4. The molecule has 0 aliphatic rings. The van der Waals surface area contributed by atoms with E-state index in [-0.39, 0.29) is 28.4 Å². The van der Waals surface area contributed by atoms with Gasteiger partial charge in [-0.2, -0.15) is 8.42 Å². The molecule has 202 valence electrons. The van der Waals surface area contributed by atoms with E-state index < -0.39 is 26.7 Å². The lowest BCUT2D eigenvalue weighted by atomic mass is 10.0. The van der Waals surface area contributed by atoms with Crippen molar-refractivity contribution in [3.05, 3.63) is 81.8 Å². The zero-order chi connectivity index (χ0) is 28.3. The first-order chi connectivity index (χ1) is 18.5. The van der Waals surface area contributed by atoms with E-state index in [0.29, 0.717) is 39.4 Å². The number of carbonyl (C=O) groups is 1. The maximum atomic E-state index is 13.3. The van der Waals surface area contributed by atoms with Gasteiger partial charge < -0.3 is 15.2 Å². The minimum Gasteiger partial charge on any atom is -0.505 e. The fourth-order valence-corrected chi connectivity index (χ4v) is 5.18. The number of ether oxygens (including phenoxy) is 1. The summed E-state index contributed by atoms with van der Waals surface area (Å²) in [5.74, 6) is -0.689. The number of anilines is 1. The molecule has 0 atom stereocenters. The number of hydrogen-bond donors (Lipinski definition) is 3. The van der Waals surface area contributed by atoms with E-state index in [1.807, 2.05) is 6.92 Å². The van der Waals surface area contributed by atoms with Crippen LogP contribution < -0.4 is 10.1 Å². The Kier molecular flexibility index (Phi) is 8.41. The van der Waals surface area contributed by atoms with Crippen LogP contribution in [0.4, 0.5) is 17.1 Å². The van der Waals surface area contributed by atoms with Gasteiger partial charge in [-0.3, -0.25) is 9.35 Å². The first-order valence-corrected chi connectivity index (χ1v) is 13.9. The summed E-state index contributed by atoms with van der Waals surface area (Å²) in [6.45, 7) is 3.95. The van der Waals surface area contributed by atoms with E-state index in [2.05, 4.69) is 15.5 Å². The molecule has 0 saturated heterocycles. The van der Waals surface area contributed by atoms with Crippen molar-refractivity contribution in [2.24, 2.45) is 10.2 Å². The summed E-state index contributed by atoms with van der Waals surface area (Å²) in [4.78, 5) is 12.8. The van der Waals surface area contributed by atoms with Crippen LogP contribution in [0.25, 0.3) is 10.8 Å². The Morgan fingerprint density at radius 3 is 2.41 bits per heavy atom. The van der Waals surface area contributed by atoms with Gasteiger partial charge in [0.1, 0.15) is 22.0 Å². The Hall–Kier alpha value is -3.70. The molecule has 0 fully saturated rings. The fourth-order valence-electron chi connectivity index (χ4n) is 4.02. The molecule has 0 spiro atoms. The predicted octanol–water partition coefficient (Wildman–Crippen LogP) is 7.73. The highest BCUT2D eigenvalue weighted by atomic mass is 35.5. The van der Waals surface area contributed by atoms with Crippen molar-refractivity contribution in [1.82, 2.24) is 0 Å². The molecule has 0 aliphatic carbocycles. The summed E-state index contributed by atoms with van der Waals surface area (Å²) in [6.07, 6.45) is 0.287. The molecule has 39 heavy (non-hydrogen) atoms. The van der Waals surface area contributed by atoms with Crippen LogP contribution in [0.1, 0.15) is 29.8 Å². The number of nitrogens with zero attached hydrogens (tertiary/aromatic N) is 2. The van der Waals surface area contributed by atoms with Gasteiger partial charge in [0.05, 0.1) is 12.2 Å². The highest BCUT2D eigenvalue weighted by Gasteiger charge is 2.22. The normalized spacial score (nSPS) is 11.7. The maximum absolute atomic E-state index is 13.3. The molecule has 0 aromatic heterocycles. The van der Waals surface area contributed by atoms with Crippen LogP contribution in [0.2, 0.25) is 10.0 Å². The number of aromatic hydroxyl groups is 1. The minimum absolute atomic E-state index is 0.0809. The van der Waals surface area contributed by atoms with Crippen LogP contribution in [0.3, 0.4) is 0 Å². The molecule has 0 unspecified atom stereocenters. The summed E-state index contributed by atoms with van der Waals surface area (Å²) < 4.78 is 39.2. The molecular weight excluding hydrogens is 565 g/mol. The van der Waals surface area contributed by atoms with Gasteiger partial charge in [-0.1, -0.05) is 54.4 Å². The van der Waals surface area contributed by atoms with Gasteiger partial charge in [-0.25, -0.2) is 0 Å². The summed E-state index contributed by atoms with van der Waals surface area (Å²) in [5.41, 5.74) is 0.309. The van der Waals surface area contributed by atoms with Crippen molar-refractivity contribution in [2.75, 3.05) is 11.9 Å². The largest absolute Gasteiger partial charge is 0.505 e. The van der Waals surface area contributed by atoms with Gasteiger partial charge in [-0.05, 0) is 54.6 Å². The smallest absolute Gasteiger partial charge is 0.296 e. The highest BCUT2D eigenvalue weighted by molar-refractivity contribution is 7.86. The Balaban J connectivity index is 1.84. The topological polar surface area (TPSA) is 138 Å². The van der Waals surface area contributed by atoms with E-state index in [0.717, 1.165) is 6.07 Å². The second-order valence-electron chi connectivity index (χ2n) is 8.31. The average molecular weight is 588 g/mol. The van der Waals surface area contributed by atoms with Crippen molar-refractivity contribution in [3.8, 4) is 11.5 Å². The average Bonchev–Trinajstić information content (AvgIpc) is 2.87. The van der Waals surface area contributed by atoms with Crippen molar-refractivity contribution in [1.29, 1.82) is 0 Å². The third-order valence-electron chi connectivity index (χ3n) is 5.75. The molecule has 4 aromatic carbocycles. The second-order valence-corrected chi connectivity index (χ2v) is 10.5. The lowest BCUT2D eigenvalue weighted by Crippen LogP contribution is -2.12. The zero-order valence-corrected chi connectivity index (χ0v) is 23.1. The van der Waals surface area contributed by atoms with Crippen LogP contribution in [0, 0.1) is 0 Å². The highest BCUT2D eigenvalue weighted by Crippen LogP contribution is 2.41. The van der Waals surface area contributed by atoms with E-state index in [9.17, 15) is 22.9 Å². The third-order valence-corrected chi connectivity index (χ3v) is 7.21. The van der Waals surface area contributed by atoms with E-state index in [1.54, 1.807) is 43.3 Å². The number of phenolic OH excluding ortho intramolecular Hbond substituents is 1. The van der Waals surface area contributed by atoms with Gasteiger partial charge >= 0.3 is 0 Å². The third kappa shape index (κ3) is 6.15. The van der Waals surface area contributed by atoms with Gasteiger partial charge in [-0.15, -0.1) is 10.2 Å². The van der Waals surface area contributed by atoms with E-state index in [1.165, 1.54) is 18.2 Å². The Morgan fingerprint density at radius 2 is 1.72 bits per heavy atom. The van der Waals surface area contributed by atoms with Crippen LogP contribution in [0.5, 0.6) is 11.5 Å². The maximum Gasteiger partial charge on any atom is 0.296 e. The van der Waals surface area contributed by atoms with E-state index >= 15 is 0 Å². The van der Waals surface area contributed by atoms with Crippen LogP contribution >= 0.6 is 23.2 Å². The summed E-state index contributed by atoms with van der Waals surface area (Å²) in [5, 5.41) is 23.7. The molecular formula is C27H23Cl2N3O6S. The van der Waals surface area contributed by atoms with Crippen molar-refractivity contribution >= 4 is 67.1 Å². The van der Waals surface area contributed by atoms with Crippen molar-refractivity contribution in [3.63, 3.8) is 0 Å². The number of azo groups is 1. The number of carbonyl (C=O) groups excluding carboxylic acids is 1. The molecule has 4 aromatic rings. The molecule has 0 heterocycles. The SMILES string of the molecule is CCOc1cc(Cl)cc(NC(=O)c2cc3ccccc3c(N=Nc3c(S(=O)(=O)O)ccc(Cl)c3CC)c2O)c1. The number of hydrogen-bond acceptors (Lipinski definition) is 7. The molecule has 0 aliphatic heterocycles. The lowest BCUT2D eigenvalue weighted by Gasteiger charge is -2.13. The molecule has 0 radical (unpaired) electrons. The summed E-state index contributed by atoms with van der Waals surface area (Å²) in [6, 6.07) is 15.5. The summed E-state index contributed by atoms with van der Waals surface area (Å²) in [7, 11) is -4.67. The number of halogens is 2. The molecule has 0 saturated carbocycles. The molecule has 3 N–H and O–H groups in total. The lowest BCUT2D eigenvalue weighted by molar-refractivity contribution is 0.102. The standard InChI is InChI=1S/C27H23Cl2N3O6S/c1-3-19-22(29)9-10-23(39(35,36)37)24(19)31-32-25-20-8-6-5-7-15(20)11-21(26(25)33)27(34)30-17-12-16(28)13-18(14-17)38-4-2/h5-14,33H,3-4H2,1-2H3,(H,30,34)(H,35,36,37). The van der Waals surface area contributed by atoms with Gasteiger partial charge in [0.15, 0.2) is 5.75 Å². The Morgan fingerprint density at radius 1 is 1.00 bits per heavy atom. The minimum atomic E-state index is -4.67. The number of nitrogens with one attached hydrogen (secondary N) is 1. The monoisotopic (exact) mass is 587 g/mol. The van der Waals surface area contributed by atoms with Crippen LogP contribution in [-0.4, -0.2) is 30.6 Å². The van der Waals surface area contributed by atoms with Crippen molar-refractivity contribution in [2.45, 2.75) is 25.2 Å². The number of fused-ring (bicyclic) bond motifs is 1. The van der Waals surface area contributed by atoms with E-state index in [4.69, 9.17) is 27.9 Å². The Labute approximate surface area is 234 Å². The van der Waals surface area contributed by atoms with Gasteiger partial charge in [0, 0.05) is 27.2 Å². The first kappa shape index (κ1) is 28.3. The molecule has 0 bridgehead atoms. The predicted molar refractivity (Wildman–Crippen MR) is 151 cm³/mol. The quantitative estimate of drug-likeness (QED) is 0.142. The second kappa shape index (κ2) is 11.6. The number of amides is 1. The number of phenols is 1. The molecule has 4 rings (SSSR count). The first-order valence-electron chi connectivity index (χ1n) is 11.7. The number of benzene rings is 4. The molecule has 9 nitrogen and oxygen atoms in total. The fraction of sp³-hybridized carbons (Fsp3) is 0.148. The van der Waals surface area contributed by atoms with Crippen molar-refractivity contribution < 1.29 is 27.6 Å². The van der Waals surface area contributed by atoms with Crippen LogP contribution in [-0.2, 0) is 16.5 Å². The Bertz CT molecular complexity index is 1720. The van der Waals surface area contributed by atoms with Gasteiger partial charge in [0.2, 0.25) is 0 Å². The van der Waals surface area contributed by atoms with Crippen LogP contribution in [0.15, 0.2) is 75.8 Å². The number of rotatable bonds is 8. The molecule has 12 heteroatoms.